The first-order valence-electron chi connectivity index (χ1n) is 8.01. The highest BCUT2D eigenvalue weighted by atomic mass is 35.5. The number of aromatic nitrogens is 4. The van der Waals surface area contributed by atoms with E-state index < -0.39 is 17.1 Å². The molecular weight excluding hydrogens is 407 g/mol. The van der Waals surface area contributed by atoms with E-state index in [9.17, 15) is 14.0 Å². The quantitative estimate of drug-likeness (QED) is 0.551. The van der Waals surface area contributed by atoms with E-state index in [4.69, 9.17) is 16.3 Å². The van der Waals surface area contributed by atoms with Crippen molar-refractivity contribution in [2.24, 2.45) is 0 Å². The number of hydrogen-bond acceptors (Lipinski definition) is 6. The minimum absolute atomic E-state index is 0.0288. The number of halogens is 2. The number of fused-ring (bicyclic) bond motifs is 1. The molecule has 3 heterocycles. The van der Waals surface area contributed by atoms with Gasteiger partial charge >= 0.3 is 5.69 Å². The molecule has 1 aromatic carbocycles. The molecule has 0 aliphatic rings. The third kappa shape index (κ3) is 2.98. The number of benzene rings is 1. The maximum atomic E-state index is 13.8. The Bertz CT molecular complexity index is 1350. The number of ether oxygens (including phenoxy) is 1. The van der Waals surface area contributed by atoms with Crippen molar-refractivity contribution in [3.05, 3.63) is 67.8 Å². The van der Waals surface area contributed by atoms with E-state index in [1.54, 1.807) is 19.1 Å². The Labute approximate surface area is 166 Å². The number of hydrogen-bond donors (Lipinski definition) is 1. The maximum absolute atomic E-state index is 13.8. The topological polar surface area (TPSA) is 89.9 Å². The number of rotatable bonds is 3. The Morgan fingerprint density at radius 2 is 2.04 bits per heavy atom. The molecule has 0 spiro atoms. The lowest BCUT2D eigenvalue weighted by atomic mass is 10.1. The van der Waals surface area contributed by atoms with Crippen LogP contribution in [0.3, 0.4) is 0 Å². The van der Waals surface area contributed by atoms with Crippen LogP contribution in [0.4, 0.5) is 4.39 Å². The first-order chi connectivity index (χ1) is 13.4. The minimum Gasteiger partial charge on any atom is -0.494 e. The van der Waals surface area contributed by atoms with Gasteiger partial charge < -0.3 is 9.72 Å². The first kappa shape index (κ1) is 18.3. The summed E-state index contributed by atoms with van der Waals surface area (Å²) in [6.45, 7) is 1.71. The summed E-state index contributed by atoms with van der Waals surface area (Å²) in [5, 5.41) is 7.79. The summed E-state index contributed by atoms with van der Waals surface area (Å²) in [4.78, 5) is 28.7. The monoisotopic (exact) mass is 418 g/mol. The predicted octanol–water partition coefficient (Wildman–Crippen LogP) is 3.31. The standard InChI is InChI=1S/C18H12ClFN4O3S/c1-8-3-9(7-21-23-8)24-17(25)16-13(22-18(24)26)6-15(28-16)10-4-14(27-2)12(20)5-11(10)19/h3-7H,1-2H3,(H,22,26). The van der Waals surface area contributed by atoms with Crippen LogP contribution in [0.25, 0.3) is 26.3 Å². The number of nitrogens with one attached hydrogen (secondary N) is 1. The number of aryl methyl sites for hydroxylation is 1. The lowest BCUT2D eigenvalue weighted by Crippen LogP contribution is -2.33. The van der Waals surface area contributed by atoms with Gasteiger partial charge in [-0.05, 0) is 31.2 Å². The van der Waals surface area contributed by atoms with Gasteiger partial charge in [0.1, 0.15) is 4.70 Å². The number of thiophene rings is 1. The molecule has 0 saturated heterocycles. The summed E-state index contributed by atoms with van der Waals surface area (Å²) >= 11 is 7.31. The van der Waals surface area contributed by atoms with Gasteiger partial charge in [0.25, 0.3) is 5.56 Å². The summed E-state index contributed by atoms with van der Waals surface area (Å²) in [6.07, 6.45) is 1.34. The fourth-order valence-corrected chi connectivity index (χ4v) is 4.21. The second-order valence-electron chi connectivity index (χ2n) is 5.95. The van der Waals surface area contributed by atoms with Gasteiger partial charge in [0, 0.05) is 10.4 Å². The normalized spacial score (nSPS) is 11.1. The van der Waals surface area contributed by atoms with E-state index in [-0.39, 0.29) is 10.8 Å². The second-order valence-corrected chi connectivity index (χ2v) is 7.41. The molecule has 0 aliphatic heterocycles. The highest BCUT2D eigenvalue weighted by Gasteiger charge is 2.17. The van der Waals surface area contributed by atoms with Gasteiger partial charge in [-0.25, -0.2) is 13.8 Å². The van der Waals surface area contributed by atoms with Gasteiger partial charge in [0.2, 0.25) is 0 Å². The summed E-state index contributed by atoms with van der Waals surface area (Å²) < 4.78 is 20.1. The van der Waals surface area contributed by atoms with E-state index in [0.29, 0.717) is 32.0 Å². The van der Waals surface area contributed by atoms with Crippen molar-refractivity contribution in [2.45, 2.75) is 6.92 Å². The van der Waals surface area contributed by atoms with Crippen molar-refractivity contribution >= 4 is 33.2 Å². The maximum Gasteiger partial charge on any atom is 0.333 e. The van der Waals surface area contributed by atoms with Crippen LogP contribution < -0.4 is 16.0 Å². The summed E-state index contributed by atoms with van der Waals surface area (Å²) in [7, 11) is 1.35. The van der Waals surface area contributed by atoms with E-state index in [2.05, 4.69) is 15.2 Å². The van der Waals surface area contributed by atoms with E-state index in [1.165, 1.54) is 19.4 Å². The van der Waals surface area contributed by atoms with Crippen LogP contribution in [-0.4, -0.2) is 26.9 Å². The van der Waals surface area contributed by atoms with Crippen LogP contribution in [0.1, 0.15) is 5.69 Å². The van der Waals surface area contributed by atoms with Crippen molar-refractivity contribution in [1.29, 1.82) is 0 Å². The molecule has 1 N–H and O–H groups in total. The molecule has 0 aliphatic carbocycles. The van der Waals surface area contributed by atoms with E-state index in [1.807, 2.05) is 0 Å². The number of nitrogens with zero attached hydrogens (tertiary/aromatic N) is 3. The second kappa shape index (κ2) is 6.84. The zero-order chi connectivity index (χ0) is 20.0. The molecule has 28 heavy (non-hydrogen) atoms. The third-order valence-corrected chi connectivity index (χ3v) is 5.57. The minimum atomic E-state index is -0.600. The van der Waals surface area contributed by atoms with Crippen LogP contribution in [0, 0.1) is 12.7 Å². The van der Waals surface area contributed by atoms with Gasteiger partial charge in [-0.3, -0.25) is 4.79 Å². The van der Waals surface area contributed by atoms with Crippen LogP contribution in [-0.2, 0) is 0 Å². The molecule has 0 atom stereocenters. The van der Waals surface area contributed by atoms with Crippen LogP contribution >= 0.6 is 22.9 Å². The van der Waals surface area contributed by atoms with Crippen molar-refractivity contribution < 1.29 is 9.13 Å². The molecule has 4 aromatic rings. The van der Waals surface area contributed by atoms with Crippen molar-refractivity contribution in [1.82, 2.24) is 19.7 Å². The molecule has 10 heteroatoms. The molecule has 0 saturated carbocycles. The van der Waals surface area contributed by atoms with Crippen LogP contribution in [0.15, 0.2) is 40.1 Å². The van der Waals surface area contributed by atoms with E-state index >= 15 is 0 Å². The van der Waals surface area contributed by atoms with Gasteiger partial charge in [-0.1, -0.05) is 11.6 Å². The third-order valence-electron chi connectivity index (χ3n) is 4.10. The van der Waals surface area contributed by atoms with E-state index in [0.717, 1.165) is 22.0 Å². The molecule has 0 amide bonds. The Hall–Kier alpha value is -3.04. The van der Waals surface area contributed by atoms with Gasteiger partial charge in [0.05, 0.1) is 35.2 Å². The summed E-state index contributed by atoms with van der Waals surface area (Å²) in [6, 6.07) is 5.81. The van der Waals surface area contributed by atoms with Gasteiger partial charge in [-0.15, -0.1) is 11.3 Å². The highest BCUT2D eigenvalue weighted by Crippen LogP contribution is 2.38. The zero-order valence-electron chi connectivity index (χ0n) is 14.6. The Morgan fingerprint density at radius 1 is 1.25 bits per heavy atom. The molecular formula is C18H12ClFN4O3S. The summed E-state index contributed by atoms with van der Waals surface area (Å²) in [5.74, 6) is -0.560. The van der Waals surface area contributed by atoms with Crippen LogP contribution in [0.2, 0.25) is 5.02 Å². The Morgan fingerprint density at radius 3 is 2.75 bits per heavy atom. The lowest BCUT2D eigenvalue weighted by molar-refractivity contribution is 0.387. The fourth-order valence-electron chi connectivity index (χ4n) is 2.83. The molecule has 142 valence electrons. The number of aromatic amines is 1. The van der Waals surface area contributed by atoms with Crippen molar-refractivity contribution in [2.75, 3.05) is 7.11 Å². The zero-order valence-corrected chi connectivity index (χ0v) is 16.2. The highest BCUT2D eigenvalue weighted by molar-refractivity contribution is 7.22. The molecule has 0 fully saturated rings. The average Bonchev–Trinajstić information content (AvgIpc) is 3.06. The fraction of sp³-hybridized carbons (Fsp3) is 0.111. The van der Waals surface area contributed by atoms with Crippen molar-refractivity contribution in [3.8, 4) is 21.9 Å². The lowest BCUT2D eigenvalue weighted by Gasteiger charge is -2.06. The van der Waals surface area contributed by atoms with Gasteiger partial charge in [-0.2, -0.15) is 10.2 Å². The van der Waals surface area contributed by atoms with Gasteiger partial charge in [0.15, 0.2) is 11.6 Å². The molecule has 7 nitrogen and oxygen atoms in total. The van der Waals surface area contributed by atoms with Crippen LogP contribution in [0.5, 0.6) is 5.75 Å². The molecule has 0 unspecified atom stereocenters. The van der Waals surface area contributed by atoms with Crippen molar-refractivity contribution in [3.63, 3.8) is 0 Å². The molecule has 3 aromatic heterocycles. The predicted molar refractivity (Wildman–Crippen MR) is 105 cm³/mol. The first-order valence-corrected chi connectivity index (χ1v) is 9.20. The summed E-state index contributed by atoms with van der Waals surface area (Å²) in [5.41, 5.74) is 0.654. The molecule has 0 bridgehead atoms. The Kier molecular flexibility index (Phi) is 4.48. The number of methoxy groups -OCH3 is 1. The number of H-pyrrole nitrogens is 1. The Balaban J connectivity index is 1.96. The largest absolute Gasteiger partial charge is 0.494 e. The SMILES string of the molecule is COc1cc(-c2cc3[nH]c(=O)n(-c4cnnc(C)c4)c(=O)c3s2)c(Cl)cc1F. The smallest absolute Gasteiger partial charge is 0.333 e. The molecule has 0 radical (unpaired) electrons. The molecule has 4 rings (SSSR count). The average molecular weight is 419 g/mol.